The van der Waals surface area contributed by atoms with Crippen molar-refractivity contribution in [3.8, 4) is 0 Å². The largest absolute Gasteiger partial charge is 0.328 e. The molecule has 0 fully saturated rings. The van der Waals surface area contributed by atoms with E-state index in [1.165, 1.54) is 6.07 Å². The zero-order valence-electron chi connectivity index (χ0n) is 8.43. The lowest BCUT2D eigenvalue weighted by atomic mass is 9.98. The molecule has 0 aliphatic heterocycles. The second-order valence-corrected chi connectivity index (χ2v) is 3.70. The first kappa shape index (κ1) is 11.1. The lowest BCUT2D eigenvalue weighted by molar-refractivity contribution is -0.0186. The van der Waals surface area contributed by atoms with Gasteiger partial charge in [0, 0.05) is 18.0 Å². The molecule has 1 nitrogen and oxygen atoms in total. The summed E-state index contributed by atoms with van der Waals surface area (Å²) in [6.07, 6.45) is -0.308. The van der Waals surface area contributed by atoms with E-state index in [4.69, 9.17) is 5.73 Å². The Bertz CT molecular complexity index is 308. The van der Waals surface area contributed by atoms with Crippen molar-refractivity contribution in [1.82, 2.24) is 0 Å². The second kappa shape index (κ2) is 4.05. The summed E-state index contributed by atoms with van der Waals surface area (Å²) in [6, 6.07) is 6.02. The van der Waals surface area contributed by atoms with Crippen LogP contribution < -0.4 is 5.73 Å². The van der Waals surface area contributed by atoms with Crippen LogP contribution in [0.5, 0.6) is 0 Å². The summed E-state index contributed by atoms with van der Waals surface area (Å²) in [5, 5.41) is 0. The maximum absolute atomic E-state index is 13.6. The zero-order valence-corrected chi connectivity index (χ0v) is 8.43. The predicted molar refractivity (Wildman–Crippen MR) is 53.3 cm³/mol. The molecule has 0 saturated carbocycles. The molecule has 0 aliphatic carbocycles. The highest BCUT2D eigenvalue weighted by Crippen LogP contribution is 2.34. The van der Waals surface area contributed by atoms with Gasteiger partial charge >= 0.3 is 0 Å². The van der Waals surface area contributed by atoms with Gasteiger partial charge in [-0.05, 0) is 19.4 Å². The smallest absolute Gasteiger partial charge is 0.274 e. The Balaban J connectivity index is 2.97. The summed E-state index contributed by atoms with van der Waals surface area (Å²) in [5.74, 6) is -2.82. The van der Waals surface area contributed by atoms with Crippen LogP contribution in [0, 0.1) is 6.92 Å². The molecule has 1 atom stereocenters. The topological polar surface area (TPSA) is 26.0 Å². The molecule has 0 saturated heterocycles. The summed E-state index contributed by atoms with van der Waals surface area (Å²) >= 11 is 0. The van der Waals surface area contributed by atoms with Crippen LogP contribution in [0.2, 0.25) is 0 Å². The van der Waals surface area contributed by atoms with E-state index < -0.39 is 12.0 Å². The number of hydrogen-bond acceptors (Lipinski definition) is 1. The van der Waals surface area contributed by atoms with Gasteiger partial charge in [0.2, 0.25) is 0 Å². The minimum Gasteiger partial charge on any atom is -0.328 e. The van der Waals surface area contributed by atoms with Gasteiger partial charge in [-0.3, -0.25) is 0 Å². The molecule has 0 spiro atoms. The Morgan fingerprint density at radius 2 is 1.93 bits per heavy atom. The number of benzene rings is 1. The van der Waals surface area contributed by atoms with Crippen LogP contribution in [-0.4, -0.2) is 6.04 Å². The number of aryl methyl sites for hydroxylation is 1. The van der Waals surface area contributed by atoms with Gasteiger partial charge < -0.3 is 5.73 Å². The van der Waals surface area contributed by atoms with Crippen molar-refractivity contribution in [3.05, 3.63) is 35.4 Å². The molecule has 3 heteroatoms. The fourth-order valence-corrected chi connectivity index (χ4v) is 1.50. The van der Waals surface area contributed by atoms with Crippen LogP contribution in [0.15, 0.2) is 24.3 Å². The molecule has 0 heterocycles. The molecule has 1 aromatic carbocycles. The van der Waals surface area contributed by atoms with Crippen LogP contribution in [-0.2, 0) is 5.92 Å². The van der Waals surface area contributed by atoms with Gasteiger partial charge in [-0.1, -0.05) is 24.3 Å². The molecule has 0 aromatic heterocycles. The molecular formula is C11H15F2N. The third kappa shape index (κ3) is 2.51. The molecule has 78 valence electrons. The Morgan fingerprint density at radius 3 is 2.43 bits per heavy atom. The average molecular weight is 199 g/mol. The molecule has 1 rings (SSSR count). The van der Waals surface area contributed by atoms with E-state index in [1.54, 1.807) is 32.0 Å². The molecule has 1 aromatic rings. The number of hydrogen-bond donors (Lipinski definition) is 1. The molecule has 1 unspecified atom stereocenters. The van der Waals surface area contributed by atoms with Gasteiger partial charge in [0.15, 0.2) is 0 Å². The number of nitrogens with two attached hydrogens (primary N) is 1. The highest BCUT2D eigenvalue weighted by atomic mass is 19.3. The van der Waals surface area contributed by atoms with E-state index in [-0.39, 0.29) is 12.0 Å². The maximum Gasteiger partial charge on any atom is 0.274 e. The minimum absolute atomic E-state index is 0.0808. The van der Waals surface area contributed by atoms with Gasteiger partial charge in [0.05, 0.1) is 0 Å². The van der Waals surface area contributed by atoms with Crippen LogP contribution in [0.3, 0.4) is 0 Å². The van der Waals surface area contributed by atoms with Crippen molar-refractivity contribution >= 4 is 0 Å². The van der Waals surface area contributed by atoms with Gasteiger partial charge in [0.25, 0.3) is 5.92 Å². The van der Waals surface area contributed by atoms with Crippen molar-refractivity contribution < 1.29 is 8.78 Å². The zero-order chi connectivity index (χ0) is 10.8. The van der Waals surface area contributed by atoms with Crippen LogP contribution in [0.25, 0.3) is 0 Å². The molecule has 0 bridgehead atoms. The van der Waals surface area contributed by atoms with E-state index in [9.17, 15) is 8.78 Å². The summed E-state index contributed by atoms with van der Waals surface area (Å²) < 4.78 is 27.2. The van der Waals surface area contributed by atoms with Crippen LogP contribution >= 0.6 is 0 Å². The second-order valence-electron chi connectivity index (χ2n) is 3.70. The van der Waals surface area contributed by atoms with Crippen molar-refractivity contribution in [2.45, 2.75) is 32.2 Å². The average Bonchev–Trinajstić information content (AvgIpc) is 2.02. The fraction of sp³-hybridized carbons (Fsp3) is 0.455. The molecular weight excluding hydrogens is 184 g/mol. The minimum atomic E-state index is -2.82. The van der Waals surface area contributed by atoms with Crippen molar-refractivity contribution in [2.24, 2.45) is 5.73 Å². The summed E-state index contributed by atoms with van der Waals surface area (Å²) in [4.78, 5) is 0. The lowest BCUT2D eigenvalue weighted by Gasteiger charge is -2.20. The molecule has 0 radical (unpaired) electrons. The quantitative estimate of drug-likeness (QED) is 0.795. The highest BCUT2D eigenvalue weighted by molar-refractivity contribution is 5.29. The Morgan fingerprint density at radius 1 is 1.36 bits per heavy atom. The summed E-state index contributed by atoms with van der Waals surface area (Å²) in [6.45, 7) is 3.27. The summed E-state index contributed by atoms with van der Waals surface area (Å²) in [5.41, 5.74) is 6.08. The van der Waals surface area contributed by atoms with Crippen molar-refractivity contribution in [2.75, 3.05) is 0 Å². The predicted octanol–water partition coefficient (Wildman–Crippen LogP) is 2.82. The Hall–Kier alpha value is -0.960. The number of alkyl halides is 2. The third-order valence-electron chi connectivity index (χ3n) is 2.12. The lowest BCUT2D eigenvalue weighted by Crippen LogP contribution is -2.26. The van der Waals surface area contributed by atoms with E-state index in [0.717, 1.165) is 0 Å². The van der Waals surface area contributed by atoms with Crippen molar-refractivity contribution in [3.63, 3.8) is 0 Å². The molecule has 0 aliphatic rings. The maximum atomic E-state index is 13.6. The van der Waals surface area contributed by atoms with Gasteiger partial charge in [-0.2, -0.15) is 0 Å². The first-order valence-corrected chi connectivity index (χ1v) is 4.63. The Labute approximate surface area is 82.9 Å². The fourth-order valence-electron chi connectivity index (χ4n) is 1.50. The van der Waals surface area contributed by atoms with Gasteiger partial charge in [-0.15, -0.1) is 0 Å². The number of rotatable bonds is 3. The highest BCUT2D eigenvalue weighted by Gasteiger charge is 2.33. The standard InChI is InChI=1S/C11H15F2N/c1-8-5-3-4-6-10(8)11(12,13)7-9(2)14/h3-6,9H,7,14H2,1-2H3. The molecule has 2 N–H and O–H groups in total. The monoisotopic (exact) mass is 199 g/mol. The van der Waals surface area contributed by atoms with E-state index in [2.05, 4.69) is 0 Å². The SMILES string of the molecule is Cc1ccccc1C(F)(F)CC(C)N. The first-order valence-electron chi connectivity index (χ1n) is 4.63. The summed E-state index contributed by atoms with van der Waals surface area (Å²) in [7, 11) is 0. The first-order chi connectivity index (χ1) is 6.43. The molecule has 14 heavy (non-hydrogen) atoms. The van der Waals surface area contributed by atoms with Gasteiger partial charge in [0.1, 0.15) is 0 Å². The van der Waals surface area contributed by atoms with E-state index >= 15 is 0 Å². The normalized spacial score (nSPS) is 14.1. The Kier molecular flexibility index (Phi) is 3.21. The van der Waals surface area contributed by atoms with Gasteiger partial charge in [-0.25, -0.2) is 8.78 Å². The molecule has 0 amide bonds. The van der Waals surface area contributed by atoms with Crippen LogP contribution in [0.1, 0.15) is 24.5 Å². The third-order valence-corrected chi connectivity index (χ3v) is 2.12. The van der Waals surface area contributed by atoms with Crippen molar-refractivity contribution in [1.29, 1.82) is 0 Å². The van der Waals surface area contributed by atoms with E-state index in [0.29, 0.717) is 5.56 Å². The van der Waals surface area contributed by atoms with E-state index in [1.807, 2.05) is 0 Å². The van der Waals surface area contributed by atoms with Crippen LogP contribution in [0.4, 0.5) is 8.78 Å². The number of halogens is 2.